The van der Waals surface area contributed by atoms with E-state index in [2.05, 4.69) is 0 Å². The van der Waals surface area contributed by atoms with Crippen LogP contribution in [0.25, 0.3) is 10.9 Å². The molecular weight excluding hydrogens is 206 g/mol. The summed E-state index contributed by atoms with van der Waals surface area (Å²) >= 11 is 0. The number of benzene rings is 1. The van der Waals surface area contributed by atoms with E-state index in [1.54, 1.807) is 6.07 Å². The van der Waals surface area contributed by atoms with Crippen molar-refractivity contribution in [2.75, 3.05) is 0 Å². The maximum atomic E-state index is 11.1. The fourth-order valence-corrected chi connectivity index (χ4v) is 1.60. The Bertz CT molecular complexity index is 528. The fraction of sp³-hybridized carbons (Fsp3) is 0.250. The maximum Gasteiger partial charge on any atom is 0.356 e. The molecule has 2 rings (SSSR count). The van der Waals surface area contributed by atoms with E-state index in [0.717, 1.165) is 10.9 Å². The van der Waals surface area contributed by atoms with E-state index in [0.29, 0.717) is 0 Å². The minimum atomic E-state index is -0.989. The third kappa shape index (κ3) is 1.74. The molecule has 4 heteroatoms. The van der Waals surface area contributed by atoms with Gasteiger partial charge in [-0.15, -0.1) is 0 Å². The Kier molecular flexibility index (Phi) is 2.56. The van der Waals surface area contributed by atoms with E-state index >= 15 is 0 Å². The lowest BCUT2D eigenvalue weighted by Crippen LogP contribution is -2.22. The van der Waals surface area contributed by atoms with Gasteiger partial charge in [0, 0.05) is 5.39 Å². The van der Waals surface area contributed by atoms with Gasteiger partial charge in [-0.1, -0.05) is 18.2 Å². The number of carboxylic acids is 1. The Hall–Kier alpha value is -1.97. The molecule has 0 aliphatic carbocycles. The zero-order valence-electron chi connectivity index (χ0n) is 9.18. The summed E-state index contributed by atoms with van der Waals surface area (Å²) in [4.78, 5) is 16.6. The molecule has 2 aromatic rings. The largest absolute Gasteiger partial charge is 0.476 e. The summed E-state index contributed by atoms with van der Waals surface area (Å²) in [6.07, 6.45) is -0.0751. The Morgan fingerprint density at radius 3 is 2.69 bits per heavy atom. The number of carbonyl (C=O) groups is 1. The first-order chi connectivity index (χ1) is 7.59. The number of hydrogen-bond acceptors (Lipinski definition) is 2. The van der Waals surface area contributed by atoms with Crippen molar-refractivity contribution in [3.8, 4) is 0 Å². The van der Waals surface area contributed by atoms with Crippen LogP contribution in [0.2, 0.25) is 0 Å². The molecule has 1 heterocycles. The van der Waals surface area contributed by atoms with E-state index in [-0.39, 0.29) is 11.8 Å². The predicted octanol–water partition coefficient (Wildman–Crippen LogP) is 2.18. The van der Waals surface area contributed by atoms with Crippen LogP contribution >= 0.6 is 0 Å². The molecule has 0 aliphatic heterocycles. The van der Waals surface area contributed by atoms with Crippen LogP contribution in [0.15, 0.2) is 30.3 Å². The smallest absolute Gasteiger partial charge is 0.356 e. The van der Waals surface area contributed by atoms with Gasteiger partial charge in [0.2, 0.25) is 0 Å². The molecule has 0 saturated heterocycles. The number of nitrogens with zero attached hydrogens (tertiary/aromatic N) is 1. The summed E-state index contributed by atoms with van der Waals surface area (Å²) in [5, 5.41) is 9.94. The summed E-state index contributed by atoms with van der Waals surface area (Å²) < 4.78 is 1.38. The monoisotopic (exact) mass is 219 g/mol. The van der Waals surface area contributed by atoms with Crippen molar-refractivity contribution < 1.29 is 14.7 Å². The number of aromatic carboxylic acids is 1. The lowest BCUT2D eigenvalue weighted by atomic mass is 10.2. The lowest BCUT2D eigenvalue weighted by molar-refractivity contribution is 0.0476. The van der Waals surface area contributed by atoms with E-state index in [1.165, 1.54) is 4.73 Å². The molecule has 1 aromatic heterocycles. The molecule has 0 radical (unpaired) electrons. The highest BCUT2D eigenvalue weighted by atomic mass is 16.7. The summed E-state index contributed by atoms with van der Waals surface area (Å²) in [6.45, 7) is 3.72. The van der Waals surface area contributed by atoms with Gasteiger partial charge in [-0.2, -0.15) is 4.73 Å². The molecular formula is C12H13NO3. The number of carboxylic acid groups (broad SMARTS) is 1. The summed E-state index contributed by atoms with van der Waals surface area (Å²) in [5.74, 6) is -0.989. The highest BCUT2D eigenvalue weighted by Gasteiger charge is 2.16. The van der Waals surface area contributed by atoms with Crippen LogP contribution in [0.4, 0.5) is 0 Å². The highest BCUT2D eigenvalue weighted by Crippen LogP contribution is 2.18. The fourth-order valence-electron chi connectivity index (χ4n) is 1.60. The van der Waals surface area contributed by atoms with Gasteiger partial charge in [0.05, 0.1) is 5.52 Å². The van der Waals surface area contributed by atoms with Gasteiger partial charge >= 0.3 is 5.97 Å². The molecule has 84 valence electrons. The van der Waals surface area contributed by atoms with Crippen molar-refractivity contribution in [1.82, 2.24) is 4.73 Å². The van der Waals surface area contributed by atoms with E-state index in [4.69, 9.17) is 9.94 Å². The van der Waals surface area contributed by atoms with Gasteiger partial charge < -0.3 is 9.94 Å². The van der Waals surface area contributed by atoms with Crippen molar-refractivity contribution in [2.24, 2.45) is 0 Å². The third-order valence-electron chi connectivity index (χ3n) is 2.20. The lowest BCUT2D eigenvalue weighted by Gasteiger charge is -2.13. The molecule has 0 amide bonds. The molecule has 0 fully saturated rings. The SMILES string of the molecule is CC(C)On1c(C(=O)O)cc2ccccc21. The quantitative estimate of drug-likeness (QED) is 0.860. The molecule has 0 saturated carbocycles. The Balaban J connectivity index is 2.64. The number of para-hydroxylation sites is 1. The van der Waals surface area contributed by atoms with Crippen molar-refractivity contribution in [1.29, 1.82) is 0 Å². The summed E-state index contributed by atoms with van der Waals surface area (Å²) in [5.41, 5.74) is 0.920. The van der Waals surface area contributed by atoms with Gasteiger partial charge in [0.1, 0.15) is 6.10 Å². The number of fused-ring (bicyclic) bond motifs is 1. The van der Waals surface area contributed by atoms with Crippen molar-refractivity contribution in [2.45, 2.75) is 20.0 Å². The van der Waals surface area contributed by atoms with Gasteiger partial charge in [-0.05, 0) is 26.0 Å². The molecule has 0 aliphatic rings. The Morgan fingerprint density at radius 1 is 1.38 bits per heavy atom. The number of hydrogen-bond donors (Lipinski definition) is 1. The molecule has 1 aromatic carbocycles. The van der Waals surface area contributed by atoms with Crippen molar-refractivity contribution >= 4 is 16.9 Å². The summed E-state index contributed by atoms with van der Waals surface area (Å²) in [7, 11) is 0. The van der Waals surface area contributed by atoms with Crippen LogP contribution < -0.4 is 4.84 Å². The second-order valence-electron chi connectivity index (χ2n) is 3.84. The zero-order chi connectivity index (χ0) is 11.7. The first-order valence-electron chi connectivity index (χ1n) is 5.10. The standard InChI is InChI=1S/C12H13NO3/c1-8(2)16-13-10-6-4-3-5-9(10)7-11(13)12(14)15/h3-8H,1-2H3,(H,14,15). The normalized spacial score (nSPS) is 10.9. The minimum Gasteiger partial charge on any atom is -0.476 e. The van der Waals surface area contributed by atoms with Gasteiger partial charge in [0.15, 0.2) is 5.69 Å². The second kappa shape index (κ2) is 3.89. The molecule has 0 bridgehead atoms. The van der Waals surface area contributed by atoms with E-state index < -0.39 is 5.97 Å². The second-order valence-corrected chi connectivity index (χ2v) is 3.84. The van der Waals surface area contributed by atoms with Crippen LogP contribution in [-0.4, -0.2) is 21.9 Å². The number of aromatic nitrogens is 1. The van der Waals surface area contributed by atoms with Gasteiger partial charge in [-0.25, -0.2) is 4.79 Å². The molecule has 1 N–H and O–H groups in total. The average Bonchev–Trinajstić information content (AvgIpc) is 2.57. The maximum absolute atomic E-state index is 11.1. The van der Waals surface area contributed by atoms with Crippen LogP contribution in [-0.2, 0) is 0 Å². The number of rotatable bonds is 3. The average molecular weight is 219 g/mol. The van der Waals surface area contributed by atoms with Crippen LogP contribution in [0.5, 0.6) is 0 Å². The predicted molar refractivity (Wildman–Crippen MR) is 60.6 cm³/mol. The van der Waals surface area contributed by atoms with Crippen LogP contribution in [0, 0.1) is 0 Å². The third-order valence-corrected chi connectivity index (χ3v) is 2.20. The van der Waals surface area contributed by atoms with E-state index in [1.807, 2.05) is 38.1 Å². The highest BCUT2D eigenvalue weighted by molar-refractivity contribution is 5.94. The van der Waals surface area contributed by atoms with Crippen molar-refractivity contribution in [3.63, 3.8) is 0 Å². The zero-order valence-corrected chi connectivity index (χ0v) is 9.18. The summed E-state index contributed by atoms with van der Waals surface area (Å²) in [6, 6.07) is 9.04. The van der Waals surface area contributed by atoms with Crippen LogP contribution in [0.3, 0.4) is 0 Å². The van der Waals surface area contributed by atoms with E-state index in [9.17, 15) is 4.79 Å². The van der Waals surface area contributed by atoms with Crippen LogP contribution in [0.1, 0.15) is 24.3 Å². The first-order valence-corrected chi connectivity index (χ1v) is 5.10. The van der Waals surface area contributed by atoms with Gasteiger partial charge in [-0.3, -0.25) is 0 Å². The molecule has 0 spiro atoms. The molecule has 4 nitrogen and oxygen atoms in total. The van der Waals surface area contributed by atoms with Crippen molar-refractivity contribution in [3.05, 3.63) is 36.0 Å². The minimum absolute atomic E-state index is 0.0751. The topological polar surface area (TPSA) is 51.5 Å². The molecule has 0 atom stereocenters. The van der Waals surface area contributed by atoms with Gasteiger partial charge in [0.25, 0.3) is 0 Å². The Morgan fingerprint density at radius 2 is 2.06 bits per heavy atom. The first kappa shape index (κ1) is 10.5. The Labute approximate surface area is 93.0 Å². The molecule has 0 unspecified atom stereocenters. The molecule has 16 heavy (non-hydrogen) atoms.